The number of benzene rings is 1. The van der Waals surface area contributed by atoms with Gasteiger partial charge in [-0.2, -0.15) is 5.10 Å². The van der Waals surface area contributed by atoms with Crippen molar-refractivity contribution in [1.29, 1.82) is 0 Å². The van der Waals surface area contributed by atoms with Gasteiger partial charge in [-0.1, -0.05) is 24.3 Å². The third-order valence-corrected chi connectivity index (χ3v) is 4.71. The lowest BCUT2D eigenvalue weighted by atomic mass is 9.92. The second kappa shape index (κ2) is 5.44. The number of rotatable bonds is 3. The molecule has 1 saturated heterocycles. The second-order valence-electron chi connectivity index (χ2n) is 6.33. The molecular formula is C17H17N5O3. The normalized spacial score (nSPS) is 21.6. The maximum Gasteiger partial charge on any atom is 0.325 e. The first kappa shape index (κ1) is 15.4. The van der Waals surface area contributed by atoms with Crippen LogP contribution in [-0.4, -0.2) is 39.1 Å². The van der Waals surface area contributed by atoms with Crippen molar-refractivity contribution in [3.8, 4) is 0 Å². The van der Waals surface area contributed by atoms with Gasteiger partial charge in [0.25, 0.3) is 5.91 Å². The van der Waals surface area contributed by atoms with E-state index < -0.39 is 17.5 Å². The highest BCUT2D eigenvalue weighted by atomic mass is 16.2. The Morgan fingerprint density at radius 3 is 2.92 bits per heavy atom. The van der Waals surface area contributed by atoms with Crippen LogP contribution >= 0.6 is 0 Å². The summed E-state index contributed by atoms with van der Waals surface area (Å²) in [6.45, 7) is -0.330. The maximum atomic E-state index is 12.9. The molecule has 1 aromatic heterocycles. The summed E-state index contributed by atoms with van der Waals surface area (Å²) >= 11 is 0. The number of aryl methyl sites for hydroxylation is 2. The molecule has 128 valence electrons. The van der Waals surface area contributed by atoms with Crippen LogP contribution in [0.2, 0.25) is 0 Å². The largest absolute Gasteiger partial charge is 0.325 e. The molecule has 8 nitrogen and oxygen atoms in total. The van der Waals surface area contributed by atoms with Crippen LogP contribution in [0, 0.1) is 0 Å². The van der Waals surface area contributed by atoms with E-state index in [1.807, 2.05) is 24.3 Å². The topological polar surface area (TPSA) is 96.3 Å². The van der Waals surface area contributed by atoms with Crippen LogP contribution in [-0.2, 0) is 28.6 Å². The number of amides is 4. The lowest BCUT2D eigenvalue weighted by Crippen LogP contribution is -2.42. The molecule has 0 unspecified atom stereocenters. The SMILES string of the molecule is Cn1cc(NC(=O)CN2C(=O)N[C@]3(CCc4ccccc43)C2=O)cn1. The fraction of sp³-hybridized carbons (Fsp3) is 0.294. The van der Waals surface area contributed by atoms with Gasteiger partial charge < -0.3 is 10.6 Å². The Hall–Kier alpha value is -3.16. The van der Waals surface area contributed by atoms with E-state index in [2.05, 4.69) is 15.7 Å². The zero-order valence-electron chi connectivity index (χ0n) is 13.7. The van der Waals surface area contributed by atoms with E-state index in [0.717, 1.165) is 22.4 Å². The average molecular weight is 339 g/mol. The molecule has 4 rings (SSSR count). The van der Waals surface area contributed by atoms with Gasteiger partial charge in [0.15, 0.2) is 0 Å². The van der Waals surface area contributed by atoms with E-state index in [1.54, 1.807) is 17.9 Å². The molecule has 1 aliphatic heterocycles. The smallest absolute Gasteiger partial charge is 0.322 e. The molecule has 2 N–H and O–H groups in total. The van der Waals surface area contributed by atoms with Gasteiger partial charge in [0.1, 0.15) is 12.1 Å². The molecule has 2 heterocycles. The van der Waals surface area contributed by atoms with E-state index in [1.165, 1.54) is 6.20 Å². The van der Waals surface area contributed by atoms with Crippen LogP contribution in [0.5, 0.6) is 0 Å². The molecule has 1 aliphatic carbocycles. The number of hydrogen-bond donors (Lipinski definition) is 2. The van der Waals surface area contributed by atoms with Gasteiger partial charge in [-0.3, -0.25) is 19.2 Å². The van der Waals surface area contributed by atoms with E-state index in [4.69, 9.17) is 0 Å². The summed E-state index contributed by atoms with van der Waals surface area (Å²) in [6, 6.07) is 7.05. The van der Waals surface area contributed by atoms with Crippen LogP contribution in [0.3, 0.4) is 0 Å². The second-order valence-corrected chi connectivity index (χ2v) is 6.33. The minimum absolute atomic E-state index is 0.330. The number of hydrogen-bond acceptors (Lipinski definition) is 4. The molecule has 1 fully saturated rings. The number of carbonyl (C=O) groups excluding carboxylic acids is 3. The predicted octanol–water partition coefficient (Wildman–Crippen LogP) is 0.752. The Kier molecular flexibility index (Phi) is 3.34. The number of carbonyl (C=O) groups is 3. The highest BCUT2D eigenvalue weighted by molar-refractivity contribution is 6.10. The fourth-order valence-corrected chi connectivity index (χ4v) is 3.56. The van der Waals surface area contributed by atoms with Crippen molar-refractivity contribution in [1.82, 2.24) is 20.0 Å². The first-order chi connectivity index (χ1) is 12.0. The summed E-state index contributed by atoms with van der Waals surface area (Å²) in [6.07, 6.45) is 4.37. The van der Waals surface area contributed by atoms with Crippen molar-refractivity contribution in [2.75, 3.05) is 11.9 Å². The monoisotopic (exact) mass is 339 g/mol. The molecule has 1 aromatic carbocycles. The van der Waals surface area contributed by atoms with Crippen LogP contribution in [0.1, 0.15) is 17.5 Å². The van der Waals surface area contributed by atoms with Crippen LogP contribution in [0.25, 0.3) is 0 Å². The first-order valence-electron chi connectivity index (χ1n) is 8.00. The van der Waals surface area contributed by atoms with Crippen molar-refractivity contribution in [2.24, 2.45) is 7.05 Å². The Morgan fingerprint density at radius 2 is 2.16 bits per heavy atom. The highest BCUT2D eigenvalue weighted by Gasteiger charge is 2.55. The predicted molar refractivity (Wildman–Crippen MR) is 88.5 cm³/mol. The van der Waals surface area contributed by atoms with Gasteiger partial charge in [-0.05, 0) is 24.0 Å². The van der Waals surface area contributed by atoms with Crippen molar-refractivity contribution >= 4 is 23.5 Å². The van der Waals surface area contributed by atoms with Gasteiger partial charge in [0, 0.05) is 13.2 Å². The van der Waals surface area contributed by atoms with Gasteiger partial charge in [0.2, 0.25) is 5.91 Å². The number of aromatic nitrogens is 2. The molecule has 4 amide bonds. The van der Waals surface area contributed by atoms with Crippen molar-refractivity contribution in [2.45, 2.75) is 18.4 Å². The fourth-order valence-electron chi connectivity index (χ4n) is 3.56. The van der Waals surface area contributed by atoms with Gasteiger partial charge in [-0.15, -0.1) is 0 Å². The number of nitrogens with zero attached hydrogens (tertiary/aromatic N) is 3. The number of anilines is 1. The Bertz CT molecular complexity index is 890. The number of fused-ring (bicyclic) bond motifs is 2. The minimum Gasteiger partial charge on any atom is -0.322 e. The maximum absolute atomic E-state index is 12.9. The standard InChI is InChI=1S/C17H17N5O3/c1-21-9-12(8-18-21)19-14(23)10-22-15(24)17(20-16(22)25)7-6-11-4-2-3-5-13(11)17/h2-5,8-9H,6-7,10H2,1H3,(H,19,23)(H,20,25)/t17-/m0/s1. The molecule has 0 bridgehead atoms. The molecule has 2 aliphatic rings. The summed E-state index contributed by atoms with van der Waals surface area (Å²) in [5.41, 5.74) is 1.35. The summed E-state index contributed by atoms with van der Waals surface area (Å²) in [5.74, 6) is -0.816. The van der Waals surface area contributed by atoms with Crippen LogP contribution < -0.4 is 10.6 Å². The average Bonchev–Trinajstić information content (AvgIpc) is 3.22. The molecule has 0 radical (unpaired) electrons. The van der Waals surface area contributed by atoms with E-state index in [-0.39, 0.29) is 12.5 Å². The lowest BCUT2D eigenvalue weighted by molar-refractivity contribution is -0.134. The van der Waals surface area contributed by atoms with Gasteiger partial charge in [-0.25, -0.2) is 4.79 Å². The van der Waals surface area contributed by atoms with Gasteiger partial charge in [0.05, 0.1) is 11.9 Å². The minimum atomic E-state index is -1.04. The summed E-state index contributed by atoms with van der Waals surface area (Å²) in [7, 11) is 1.73. The summed E-state index contributed by atoms with van der Waals surface area (Å²) < 4.78 is 1.55. The third-order valence-electron chi connectivity index (χ3n) is 4.71. The van der Waals surface area contributed by atoms with Crippen LogP contribution in [0.4, 0.5) is 10.5 Å². The van der Waals surface area contributed by atoms with Crippen molar-refractivity contribution in [3.63, 3.8) is 0 Å². The molecule has 0 saturated carbocycles. The van der Waals surface area contributed by atoms with E-state index in [0.29, 0.717) is 12.1 Å². The number of imide groups is 1. The van der Waals surface area contributed by atoms with Gasteiger partial charge >= 0.3 is 6.03 Å². The summed E-state index contributed by atoms with van der Waals surface area (Å²) in [4.78, 5) is 38.5. The molecule has 8 heteroatoms. The third kappa shape index (κ3) is 2.37. The molecule has 1 spiro atoms. The highest BCUT2D eigenvalue weighted by Crippen LogP contribution is 2.41. The summed E-state index contributed by atoms with van der Waals surface area (Å²) in [5, 5.41) is 9.39. The molecule has 1 atom stereocenters. The van der Waals surface area contributed by atoms with E-state index in [9.17, 15) is 14.4 Å². The Morgan fingerprint density at radius 1 is 1.36 bits per heavy atom. The first-order valence-corrected chi connectivity index (χ1v) is 8.00. The van der Waals surface area contributed by atoms with Crippen LogP contribution in [0.15, 0.2) is 36.7 Å². The molecular weight excluding hydrogens is 322 g/mol. The zero-order chi connectivity index (χ0) is 17.6. The molecule has 2 aromatic rings. The Labute approximate surface area is 143 Å². The molecule has 25 heavy (non-hydrogen) atoms. The van der Waals surface area contributed by atoms with Crippen molar-refractivity contribution in [3.05, 3.63) is 47.8 Å². The number of urea groups is 1. The quantitative estimate of drug-likeness (QED) is 0.807. The Balaban J connectivity index is 1.53. The zero-order valence-corrected chi connectivity index (χ0v) is 13.7. The lowest BCUT2D eigenvalue weighted by Gasteiger charge is -2.22. The van der Waals surface area contributed by atoms with Crippen molar-refractivity contribution < 1.29 is 14.4 Å². The number of nitrogens with one attached hydrogen (secondary N) is 2. The van der Waals surface area contributed by atoms with E-state index >= 15 is 0 Å².